The fourth-order valence-corrected chi connectivity index (χ4v) is 1.30. The third-order valence-electron chi connectivity index (χ3n) is 2.51. The Morgan fingerprint density at radius 1 is 1.53 bits per heavy atom. The van der Waals surface area contributed by atoms with Crippen molar-refractivity contribution in [2.45, 2.75) is 38.6 Å². The van der Waals surface area contributed by atoms with Gasteiger partial charge in [-0.3, -0.25) is 0 Å². The second-order valence-electron chi connectivity index (χ2n) is 4.42. The number of ether oxygens (including phenoxy) is 2. The molecule has 1 aliphatic rings. The van der Waals surface area contributed by atoms with Gasteiger partial charge in [0, 0.05) is 6.61 Å². The van der Waals surface area contributed by atoms with Crippen molar-refractivity contribution in [3.8, 4) is 0 Å². The average Bonchev–Trinajstić information content (AvgIpc) is 2.96. The Bertz CT molecular complexity index is 212. The van der Waals surface area contributed by atoms with Crippen LogP contribution in [0.5, 0.6) is 0 Å². The zero-order valence-electron chi connectivity index (χ0n) is 9.62. The fourth-order valence-electron chi connectivity index (χ4n) is 1.30. The van der Waals surface area contributed by atoms with Gasteiger partial charge in [-0.25, -0.2) is 4.79 Å². The summed E-state index contributed by atoms with van der Waals surface area (Å²) in [6.45, 7) is 4.69. The summed E-state index contributed by atoms with van der Waals surface area (Å²) < 4.78 is 10.2. The normalized spacial score (nSPS) is 19.7. The summed E-state index contributed by atoms with van der Waals surface area (Å²) in [5, 5.41) is 0. The molecule has 1 atom stereocenters. The Morgan fingerprint density at radius 3 is 2.73 bits per heavy atom. The lowest BCUT2D eigenvalue weighted by Crippen LogP contribution is -2.50. The van der Waals surface area contributed by atoms with E-state index in [4.69, 9.17) is 15.2 Å². The van der Waals surface area contributed by atoms with E-state index in [1.807, 2.05) is 0 Å². The smallest absolute Gasteiger partial charge is 0.328 e. The summed E-state index contributed by atoms with van der Waals surface area (Å²) in [6, 6.07) is 0. The molecule has 0 aromatic carbocycles. The summed E-state index contributed by atoms with van der Waals surface area (Å²) in [7, 11) is 0. The lowest BCUT2D eigenvalue weighted by atomic mass is 10.1. The molecule has 1 saturated carbocycles. The highest BCUT2D eigenvalue weighted by Crippen LogP contribution is 2.32. The predicted octanol–water partition coefficient (Wildman–Crippen LogP) is 1.08. The van der Waals surface area contributed by atoms with Crippen LogP contribution in [-0.4, -0.2) is 31.3 Å². The molecule has 15 heavy (non-hydrogen) atoms. The van der Waals surface area contributed by atoms with Crippen molar-refractivity contribution in [3.05, 3.63) is 0 Å². The van der Waals surface area contributed by atoms with E-state index in [1.54, 1.807) is 13.8 Å². The Hall–Kier alpha value is -0.610. The zero-order valence-corrected chi connectivity index (χ0v) is 9.62. The molecule has 0 amide bonds. The first-order chi connectivity index (χ1) is 7.06. The molecule has 1 fully saturated rings. The number of rotatable bonds is 7. The van der Waals surface area contributed by atoms with Crippen LogP contribution in [-0.2, 0) is 14.3 Å². The minimum absolute atomic E-state index is 0.235. The number of nitrogens with two attached hydrogens (primary N) is 1. The molecule has 2 N–H and O–H groups in total. The summed E-state index contributed by atoms with van der Waals surface area (Å²) in [5.74, 6) is 0.452. The molecule has 4 heteroatoms. The first-order valence-electron chi connectivity index (χ1n) is 5.60. The highest BCUT2D eigenvalue weighted by Gasteiger charge is 2.30. The van der Waals surface area contributed by atoms with E-state index in [1.165, 1.54) is 12.8 Å². The monoisotopic (exact) mass is 215 g/mol. The molecule has 0 saturated heterocycles. The molecule has 1 aliphatic carbocycles. The van der Waals surface area contributed by atoms with Crippen LogP contribution in [0.4, 0.5) is 0 Å². The van der Waals surface area contributed by atoms with E-state index in [2.05, 4.69) is 0 Å². The van der Waals surface area contributed by atoms with Gasteiger partial charge in [-0.05, 0) is 26.2 Å². The van der Waals surface area contributed by atoms with Crippen molar-refractivity contribution in [1.29, 1.82) is 0 Å². The van der Waals surface area contributed by atoms with Gasteiger partial charge in [0.25, 0.3) is 0 Å². The quantitative estimate of drug-likeness (QED) is 0.510. The van der Waals surface area contributed by atoms with Gasteiger partial charge >= 0.3 is 5.97 Å². The largest absolute Gasteiger partial charge is 0.465 e. The molecule has 0 radical (unpaired) electrons. The molecule has 0 aromatic heterocycles. The number of esters is 1. The van der Waals surface area contributed by atoms with Crippen molar-refractivity contribution in [1.82, 2.24) is 0 Å². The van der Waals surface area contributed by atoms with Crippen LogP contribution < -0.4 is 5.73 Å². The third-order valence-corrected chi connectivity index (χ3v) is 2.51. The third kappa shape index (κ3) is 4.62. The van der Waals surface area contributed by atoms with E-state index in [0.717, 1.165) is 12.3 Å². The zero-order chi connectivity index (χ0) is 11.3. The lowest BCUT2D eigenvalue weighted by Gasteiger charge is -2.21. The minimum atomic E-state index is -1.01. The molecule has 1 rings (SSSR count). The molecule has 0 spiro atoms. The molecule has 1 unspecified atom stereocenters. The van der Waals surface area contributed by atoms with Crippen molar-refractivity contribution >= 4 is 5.97 Å². The maximum atomic E-state index is 11.4. The second kappa shape index (κ2) is 5.47. The average molecular weight is 215 g/mol. The van der Waals surface area contributed by atoms with Crippen LogP contribution in [0.25, 0.3) is 0 Å². The first-order valence-corrected chi connectivity index (χ1v) is 5.60. The standard InChI is InChI=1S/C11H21NO3/c1-3-15-10(13)11(2,12)8-14-7-6-9-4-5-9/h9H,3-8,12H2,1-2H3. The Kier molecular flexibility index (Phi) is 4.54. The topological polar surface area (TPSA) is 61.5 Å². The van der Waals surface area contributed by atoms with E-state index >= 15 is 0 Å². The van der Waals surface area contributed by atoms with Crippen LogP contribution in [0.1, 0.15) is 33.1 Å². The van der Waals surface area contributed by atoms with Crippen molar-refractivity contribution in [2.24, 2.45) is 11.7 Å². The summed E-state index contributed by atoms with van der Waals surface area (Å²) >= 11 is 0. The summed E-state index contributed by atoms with van der Waals surface area (Å²) in [6.07, 6.45) is 3.72. The Balaban J connectivity index is 2.12. The maximum Gasteiger partial charge on any atom is 0.328 e. The molecule has 4 nitrogen and oxygen atoms in total. The molecule has 0 heterocycles. The SMILES string of the molecule is CCOC(=O)C(C)(N)COCCC1CC1. The summed E-state index contributed by atoms with van der Waals surface area (Å²) in [4.78, 5) is 11.4. The molecular weight excluding hydrogens is 194 g/mol. The van der Waals surface area contributed by atoms with E-state index in [9.17, 15) is 4.79 Å². The number of carbonyl (C=O) groups is 1. The Morgan fingerprint density at radius 2 is 2.20 bits per heavy atom. The van der Waals surface area contributed by atoms with E-state index in [-0.39, 0.29) is 6.61 Å². The van der Waals surface area contributed by atoms with Crippen molar-refractivity contribution < 1.29 is 14.3 Å². The van der Waals surface area contributed by atoms with Crippen LogP contribution in [0.15, 0.2) is 0 Å². The van der Waals surface area contributed by atoms with Gasteiger partial charge in [-0.2, -0.15) is 0 Å². The van der Waals surface area contributed by atoms with Gasteiger partial charge in [0.1, 0.15) is 5.54 Å². The van der Waals surface area contributed by atoms with Crippen LogP contribution in [0.2, 0.25) is 0 Å². The molecule has 0 bridgehead atoms. The Labute approximate surface area is 91.1 Å². The van der Waals surface area contributed by atoms with Gasteiger partial charge in [-0.1, -0.05) is 12.8 Å². The highest BCUT2D eigenvalue weighted by atomic mass is 16.5. The molecular formula is C11H21NO3. The number of carbonyl (C=O) groups excluding carboxylic acids is 1. The van der Waals surface area contributed by atoms with E-state index in [0.29, 0.717) is 13.2 Å². The van der Waals surface area contributed by atoms with Gasteiger partial charge in [-0.15, -0.1) is 0 Å². The molecule has 88 valence electrons. The summed E-state index contributed by atoms with van der Waals surface area (Å²) in [5.41, 5.74) is 4.76. The maximum absolute atomic E-state index is 11.4. The van der Waals surface area contributed by atoms with Crippen LogP contribution in [0, 0.1) is 5.92 Å². The van der Waals surface area contributed by atoms with Gasteiger partial charge in [0.2, 0.25) is 0 Å². The highest BCUT2D eigenvalue weighted by molar-refractivity contribution is 5.80. The van der Waals surface area contributed by atoms with E-state index < -0.39 is 11.5 Å². The minimum Gasteiger partial charge on any atom is -0.465 e. The van der Waals surface area contributed by atoms with Gasteiger partial charge in [0.05, 0.1) is 13.2 Å². The molecule has 0 aliphatic heterocycles. The van der Waals surface area contributed by atoms with Gasteiger partial charge < -0.3 is 15.2 Å². The number of hydrogen-bond donors (Lipinski definition) is 1. The van der Waals surface area contributed by atoms with Crippen molar-refractivity contribution in [3.63, 3.8) is 0 Å². The number of hydrogen-bond acceptors (Lipinski definition) is 4. The fraction of sp³-hybridized carbons (Fsp3) is 0.909. The molecule has 0 aromatic rings. The first kappa shape index (κ1) is 12.5. The van der Waals surface area contributed by atoms with Crippen LogP contribution in [0.3, 0.4) is 0 Å². The van der Waals surface area contributed by atoms with Crippen molar-refractivity contribution in [2.75, 3.05) is 19.8 Å². The second-order valence-corrected chi connectivity index (χ2v) is 4.42. The lowest BCUT2D eigenvalue weighted by molar-refractivity contribution is -0.151. The van der Waals surface area contributed by atoms with Crippen LogP contribution >= 0.6 is 0 Å². The van der Waals surface area contributed by atoms with Gasteiger partial charge in [0.15, 0.2) is 0 Å². The predicted molar refractivity (Wildman–Crippen MR) is 57.4 cm³/mol.